The van der Waals surface area contributed by atoms with Crippen molar-refractivity contribution in [3.63, 3.8) is 0 Å². The first-order chi connectivity index (χ1) is 12.1. The van der Waals surface area contributed by atoms with Gasteiger partial charge in [-0.25, -0.2) is 4.98 Å². The Kier molecular flexibility index (Phi) is 8.44. The molecule has 7 heteroatoms. The molecule has 1 aromatic rings. The minimum absolute atomic E-state index is 0.463. The van der Waals surface area contributed by atoms with Crippen LogP contribution in [0.2, 0.25) is 5.15 Å². The summed E-state index contributed by atoms with van der Waals surface area (Å²) >= 11 is 5.82. The van der Waals surface area contributed by atoms with Gasteiger partial charge in [0.2, 0.25) is 0 Å². The van der Waals surface area contributed by atoms with Gasteiger partial charge in [0, 0.05) is 51.5 Å². The van der Waals surface area contributed by atoms with Crippen LogP contribution in [0, 0.1) is 0 Å². The highest BCUT2D eigenvalue weighted by molar-refractivity contribution is 6.29. The van der Waals surface area contributed by atoms with Gasteiger partial charge in [-0.1, -0.05) is 17.7 Å². The number of nitrogens with zero attached hydrogens (tertiary/aromatic N) is 4. The zero-order valence-electron chi connectivity index (χ0n) is 15.6. The molecule has 0 radical (unpaired) electrons. The maximum Gasteiger partial charge on any atom is 0.191 e. The van der Waals surface area contributed by atoms with Crippen molar-refractivity contribution in [3.8, 4) is 0 Å². The molecule has 2 rings (SSSR count). The van der Waals surface area contributed by atoms with E-state index in [1.165, 1.54) is 5.56 Å². The number of likely N-dealkylation sites (N-methyl/N-ethyl adjacent to an activating group) is 1. The highest BCUT2D eigenvalue weighted by Gasteiger charge is 2.18. The fraction of sp³-hybridized carbons (Fsp3) is 0.667. The molecule has 2 N–H and O–H groups in total. The number of guanidine groups is 1. The molecule has 0 aromatic carbocycles. The van der Waals surface area contributed by atoms with Crippen LogP contribution in [0.15, 0.2) is 23.3 Å². The Hall–Kier alpha value is -1.37. The Labute approximate surface area is 156 Å². The molecule has 6 nitrogen and oxygen atoms in total. The zero-order chi connectivity index (χ0) is 18.1. The standard InChI is InChI=1S/C18H31ClN6/c1-4-20-18(21-8-7-16-5-6-17(19)22-14-16)23-13-15(2)25-11-9-24(3)10-12-25/h5-6,14-15H,4,7-13H2,1-3H3,(H2,20,21,23). The second-order valence-corrected chi connectivity index (χ2v) is 6.96. The molecule has 0 amide bonds. The summed E-state index contributed by atoms with van der Waals surface area (Å²) in [6, 6.07) is 4.30. The fourth-order valence-electron chi connectivity index (χ4n) is 2.82. The van der Waals surface area contributed by atoms with Crippen molar-refractivity contribution in [2.75, 3.05) is 52.9 Å². The molecule has 0 spiro atoms. The van der Waals surface area contributed by atoms with Gasteiger partial charge in [-0.3, -0.25) is 9.89 Å². The lowest BCUT2D eigenvalue weighted by atomic mass is 10.2. The minimum Gasteiger partial charge on any atom is -0.357 e. The van der Waals surface area contributed by atoms with Crippen LogP contribution in [0.3, 0.4) is 0 Å². The van der Waals surface area contributed by atoms with Gasteiger partial charge in [-0.05, 0) is 38.9 Å². The van der Waals surface area contributed by atoms with Crippen LogP contribution in [0.1, 0.15) is 19.4 Å². The van der Waals surface area contributed by atoms with Crippen molar-refractivity contribution in [2.45, 2.75) is 26.3 Å². The van der Waals surface area contributed by atoms with E-state index in [-0.39, 0.29) is 0 Å². The van der Waals surface area contributed by atoms with Crippen molar-refractivity contribution in [2.24, 2.45) is 4.99 Å². The number of hydrogen-bond acceptors (Lipinski definition) is 4. The lowest BCUT2D eigenvalue weighted by Gasteiger charge is -2.35. The number of aromatic nitrogens is 1. The number of pyridine rings is 1. The molecule has 1 saturated heterocycles. The predicted octanol–water partition coefficient (Wildman–Crippen LogP) is 1.47. The zero-order valence-corrected chi connectivity index (χ0v) is 16.4. The molecule has 0 saturated carbocycles. The number of nitrogens with one attached hydrogen (secondary N) is 2. The van der Waals surface area contributed by atoms with Gasteiger partial charge < -0.3 is 15.5 Å². The maximum atomic E-state index is 5.82. The van der Waals surface area contributed by atoms with Crippen molar-refractivity contribution in [1.82, 2.24) is 25.4 Å². The minimum atomic E-state index is 0.463. The van der Waals surface area contributed by atoms with E-state index in [1.54, 1.807) is 0 Å². The van der Waals surface area contributed by atoms with Gasteiger partial charge >= 0.3 is 0 Å². The van der Waals surface area contributed by atoms with Crippen LogP contribution >= 0.6 is 11.6 Å². The summed E-state index contributed by atoms with van der Waals surface area (Å²) in [6.45, 7) is 11.4. The Morgan fingerprint density at radius 2 is 2.04 bits per heavy atom. The van der Waals surface area contributed by atoms with Crippen molar-refractivity contribution < 1.29 is 0 Å². The molecule has 1 unspecified atom stereocenters. The van der Waals surface area contributed by atoms with E-state index < -0.39 is 0 Å². The first-order valence-electron chi connectivity index (χ1n) is 9.13. The van der Waals surface area contributed by atoms with Gasteiger partial charge in [0.25, 0.3) is 0 Å². The Morgan fingerprint density at radius 1 is 1.28 bits per heavy atom. The summed E-state index contributed by atoms with van der Waals surface area (Å²) in [5.74, 6) is 0.880. The molecular weight excluding hydrogens is 336 g/mol. The maximum absolute atomic E-state index is 5.82. The summed E-state index contributed by atoms with van der Waals surface area (Å²) in [4.78, 5) is 13.8. The normalized spacial score (nSPS) is 18.2. The Bertz CT molecular complexity index is 525. The lowest BCUT2D eigenvalue weighted by molar-refractivity contribution is 0.122. The molecule has 1 aromatic heterocycles. The summed E-state index contributed by atoms with van der Waals surface area (Å²) < 4.78 is 0. The molecule has 140 valence electrons. The SMILES string of the molecule is CCNC(=NCC(C)N1CCN(C)CC1)NCCc1ccc(Cl)nc1. The quantitative estimate of drug-likeness (QED) is 0.435. The average molecular weight is 367 g/mol. The molecule has 1 fully saturated rings. The number of piperazine rings is 1. The second-order valence-electron chi connectivity index (χ2n) is 6.57. The number of halogens is 1. The number of aliphatic imine (C=N–C) groups is 1. The van der Waals surface area contributed by atoms with Gasteiger partial charge in [-0.2, -0.15) is 0 Å². The first kappa shape index (κ1) is 19.9. The lowest BCUT2D eigenvalue weighted by Crippen LogP contribution is -2.49. The Morgan fingerprint density at radius 3 is 2.68 bits per heavy atom. The topological polar surface area (TPSA) is 55.8 Å². The van der Waals surface area contributed by atoms with Crippen LogP contribution < -0.4 is 10.6 Å². The first-order valence-corrected chi connectivity index (χ1v) is 9.51. The summed E-state index contributed by atoms with van der Waals surface area (Å²) in [5, 5.41) is 7.25. The predicted molar refractivity (Wildman–Crippen MR) is 105 cm³/mol. The molecular formula is C18H31ClN6. The monoisotopic (exact) mass is 366 g/mol. The summed E-state index contributed by atoms with van der Waals surface area (Å²) in [5.41, 5.74) is 1.17. The van der Waals surface area contributed by atoms with Gasteiger partial charge in [-0.15, -0.1) is 0 Å². The molecule has 1 aliphatic rings. The average Bonchev–Trinajstić information content (AvgIpc) is 2.61. The molecule has 1 aliphatic heterocycles. The van der Waals surface area contributed by atoms with E-state index in [4.69, 9.17) is 16.6 Å². The molecule has 2 heterocycles. The Balaban J connectivity index is 1.77. The van der Waals surface area contributed by atoms with E-state index in [0.29, 0.717) is 11.2 Å². The molecule has 1 atom stereocenters. The smallest absolute Gasteiger partial charge is 0.191 e. The highest BCUT2D eigenvalue weighted by atomic mass is 35.5. The molecule has 25 heavy (non-hydrogen) atoms. The third-order valence-corrected chi connectivity index (χ3v) is 4.74. The summed E-state index contributed by atoms with van der Waals surface area (Å²) in [7, 11) is 2.18. The van der Waals surface area contributed by atoms with Crippen molar-refractivity contribution in [1.29, 1.82) is 0 Å². The molecule has 0 aliphatic carbocycles. The number of hydrogen-bond donors (Lipinski definition) is 2. The highest BCUT2D eigenvalue weighted by Crippen LogP contribution is 2.06. The van der Waals surface area contributed by atoms with Crippen LogP contribution in [-0.2, 0) is 6.42 Å². The van der Waals surface area contributed by atoms with E-state index in [0.717, 1.165) is 58.2 Å². The van der Waals surface area contributed by atoms with Gasteiger partial charge in [0.1, 0.15) is 5.15 Å². The second kappa shape index (κ2) is 10.6. The van der Waals surface area contributed by atoms with Crippen LogP contribution in [0.5, 0.6) is 0 Å². The van der Waals surface area contributed by atoms with E-state index in [1.807, 2.05) is 18.3 Å². The summed E-state index contributed by atoms with van der Waals surface area (Å²) in [6.07, 6.45) is 2.71. The molecule has 0 bridgehead atoms. The van der Waals surface area contributed by atoms with Crippen molar-refractivity contribution in [3.05, 3.63) is 29.0 Å². The van der Waals surface area contributed by atoms with E-state index in [9.17, 15) is 0 Å². The largest absolute Gasteiger partial charge is 0.357 e. The van der Waals surface area contributed by atoms with Gasteiger partial charge in [0.15, 0.2) is 5.96 Å². The van der Waals surface area contributed by atoms with Crippen LogP contribution in [0.25, 0.3) is 0 Å². The third-order valence-electron chi connectivity index (χ3n) is 4.51. The van der Waals surface area contributed by atoms with E-state index >= 15 is 0 Å². The number of rotatable bonds is 7. The van der Waals surface area contributed by atoms with Crippen LogP contribution in [0.4, 0.5) is 0 Å². The van der Waals surface area contributed by atoms with Gasteiger partial charge in [0.05, 0.1) is 6.54 Å². The van der Waals surface area contributed by atoms with E-state index in [2.05, 4.69) is 46.3 Å². The fourth-order valence-corrected chi connectivity index (χ4v) is 2.93. The van der Waals surface area contributed by atoms with Crippen molar-refractivity contribution >= 4 is 17.6 Å². The van der Waals surface area contributed by atoms with Crippen LogP contribution in [-0.4, -0.2) is 79.6 Å². The third kappa shape index (κ3) is 7.18.